The molecule has 4 aromatic rings. The minimum atomic E-state index is -0.0171. The van der Waals surface area contributed by atoms with Crippen LogP contribution in [0.5, 0.6) is 5.75 Å². The molecule has 0 atom stereocenters. The van der Waals surface area contributed by atoms with Crippen LogP contribution in [0.15, 0.2) is 84.9 Å². The van der Waals surface area contributed by atoms with E-state index in [0.717, 1.165) is 27.1 Å². The predicted molar refractivity (Wildman–Crippen MR) is 103 cm³/mol. The van der Waals surface area contributed by atoms with Crippen LogP contribution < -0.4 is 0 Å². The zero-order valence-electron chi connectivity index (χ0n) is 13.5. The molecule has 0 fully saturated rings. The number of phenols is 1. The largest absolute Gasteiger partial charge is 0.508 e. The minimum absolute atomic E-state index is 0.0171. The average Bonchev–Trinajstić information content (AvgIpc) is 2.65. The van der Waals surface area contributed by atoms with Gasteiger partial charge in [0.2, 0.25) is 0 Å². The number of phenolic OH excluding ortho intramolecular Hbond substituents is 1. The maximum absolute atomic E-state index is 12.5. The first kappa shape index (κ1) is 15.2. The van der Waals surface area contributed by atoms with E-state index in [0.29, 0.717) is 5.56 Å². The van der Waals surface area contributed by atoms with Crippen LogP contribution in [-0.4, -0.2) is 10.9 Å². The van der Waals surface area contributed by atoms with Crippen molar-refractivity contribution in [3.05, 3.63) is 96.1 Å². The number of allylic oxidation sites excluding steroid dienone is 1. The van der Waals surface area contributed by atoms with Gasteiger partial charge in [0, 0.05) is 5.56 Å². The molecule has 0 saturated heterocycles. The van der Waals surface area contributed by atoms with Crippen LogP contribution in [0.25, 0.3) is 27.6 Å². The Hall–Kier alpha value is -3.39. The van der Waals surface area contributed by atoms with Crippen LogP contribution in [-0.2, 0) is 0 Å². The first-order chi connectivity index (χ1) is 12.2. The van der Waals surface area contributed by atoms with E-state index in [9.17, 15) is 9.90 Å². The van der Waals surface area contributed by atoms with E-state index in [1.807, 2.05) is 72.8 Å². The number of rotatable bonds is 3. The van der Waals surface area contributed by atoms with E-state index >= 15 is 0 Å². The highest BCUT2D eigenvalue weighted by atomic mass is 16.3. The molecule has 0 saturated carbocycles. The summed E-state index contributed by atoms with van der Waals surface area (Å²) >= 11 is 0. The van der Waals surface area contributed by atoms with E-state index in [1.54, 1.807) is 18.2 Å². The predicted octanol–water partition coefficient (Wildman–Crippen LogP) is 5.59. The van der Waals surface area contributed by atoms with Crippen molar-refractivity contribution in [1.82, 2.24) is 0 Å². The standard InChI is InChI=1S/C23H16O2/c24-22-11-10-19-13-16(5-7-20(19)15-22)6-12-23(25)21-9-8-17-3-1-2-4-18(17)14-21/h1-15,24H/b12-6+. The van der Waals surface area contributed by atoms with Gasteiger partial charge in [0.05, 0.1) is 0 Å². The number of aromatic hydroxyl groups is 1. The third kappa shape index (κ3) is 3.15. The molecule has 0 heterocycles. The van der Waals surface area contributed by atoms with Gasteiger partial charge < -0.3 is 5.11 Å². The Morgan fingerprint density at radius 1 is 0.720 bits per heavy atom. The number of carbonyl (C=O) groups excluding carboxylic acids is 1. The van der Waals surface area contributed by atoms with Gasteiger partial charge in [-0.2, -0.15) is 0 Å². The molecule has 2 nitrogen and oxygen atoms in total. The van der Waals surface area contributed by atoms with E-state index in [-0.39, 0.29) is 11.5 Å². The Morgan fingerprint density at radius 3 is 2.28 bits per heavy atom. The number of fused-ring (bicyclic) bond motifs is 2. The Bertz CT molecular complexity index is 1120. The van der Waals surface area contributed by atoms with Crippen LogP contribution in [0.2, 0.25) is 0 Å². The molecule has 0 aliphatic rings. The maximum atomic E-state index is 12.5. The molecule has 0 aliphatic carbocycles. The summed E-state index contributed by atoms with van der Waals surface area (Å²) in [4.78, 5) is 12.5. The second-order valence-corrected chi connectivity index (χ2v) is 6.05. The molecule has 120 valence electrons. The number of hydrogen-bond donors (Lipinski definition) is 1. The molecule has 1 N–H and O–H groups in total. The highest BCUT2D eigenvalue weighted by Crippen LogP contribution is 2.22. The van der Waals surface area contributed by atoms with Gasteiger partial charge in [0.15, 0.2) is 5.78 Å². The fourth-order valence-corrected chi connectivity index (χ4v) is 2.97. The molecule has 0 radical (unpaired) electrons. The summed E-state index contributed by atoms with van der Waals surface area (Å²) in [6.07, 6.45) is 3.43. The van der Waals surface area contributed by atoms with Gasteiger partial charge in [0.1, 0.15) is 5.75 Å². The van der Waals surface area contributed by atoms with Crippen LogP contribution in [0, 0.1) is 0 Å². The first-order valence-corrected chi connectivity index (χ1v) is 8.13. The summed E-state index contributed by atoms with van der Waals surface area (Å²) in [5.74, 6) is 0.235. The van der Waals surface area contributed by atoms with Gasteiger partial charge in [0.25, 0.3) is 0 Å². The molecule has 0 amide bonds. The average molecular weight is 324 g/mol. The Labute approximate surface area is 145 Å². The van der Waals surface area contributed by atoms with Crippen molar-refractivity contribution in [2.75, 3.05) is 0 Å². The summed E-state index contributed by atoms with van der Waals surface area (Å²) in [6, 6.07) is 24.9. The topological polar surface area (TPSA) is 37.3 Å². The summed E-state index contributed by atoms with van der Waals surface area (Å²) in [5.41, 5.74) is 1.63. The number of ketones is 1. The summed E-state index contributed by atoms with van der Waals surface area (Å²) in [7, 11) is 0. The SMILES string of the molecule is O=C(/C=C/c1ccc2cc(O)ccc2c1)c1ccc2ccccc2c1. The van der Waals surface area contributed by atoms with Crippen molar-refractivity contribution in [1.29, 1.82) is 0 Å². The summed E-state index contributed by atoms with van der Waals surface area (Å²) < 4.78 is 0. The van der Waals surface area contributed by atoms with Crippen molar-refractivity contribution in [3.63, 3.8) is 0 Å². The molecule has 0 aliphatic heterocycles. The highest BCUT2D eigenvalue weighted by molar-refractivity contribution is 6.08. The molecule has 0 aromatic heterocycles. The quantitative estimate of drug-likeness (QED) is 0.394. The lowest BCUT2D eigenvalue weighted by Gasteiger charge is -2.02. The fourth-order valence-electron chi connectivity index (χ4n) is 2.97. The lowest BCUT2D eigenvalue weighted by molar-refractivity contribution is 0.104. The molecule has 4 aromatic carbocycles. The van der Waals surface area contributed by atoms with Crippen molar-refractivity contribution in [2.45, 2.75) is 0 Å². The second kappa shape index (κ2) is 6.25. The lowest BCUT2D eigenvalue weighted by atomic mass is 10.0. The third-order valence-electron chi connectivity index (χ3n) is 4.31. The maximum Gasteiger partial charge on any atom is 0.185 e. The number of hydrogen-bond acceptors (Lipinski definition) is 2. The van der Waals surface area contributed by atoms with E-state index in [1.165, 1.54) is 0 Å². The smallest absolute Gasteiger partial charge is 0.185 e. The Morgan fingerprint density at radius 2 is 1.40 bits per heavy atom. The van der Waals surface area contributed by atoms with Gasteiger partial charge in [-0.25, -0.2) is 0 Å². The molecule has 25 heavy (non-hydrogen) atoms. The van der Waals surface area contributed by atoms with Crippen LogP contribution in [0.4, 0.5) is 0 Å². The molecule has 2 heteroatoms. The molecule has 0 spiro atoms. The van der Waals surface area contributed by atoms with Crippen LogP contribution in [0.3, 0.4) is 0 Å². The van der Waals surface area contributed by atoms with Gasteiger partial charge >= 0.3 is 0 Å². The molecule has 4 rings (SSSR count). The molecular weight excluding hydrogens is 308 g/mol. The fraction of sp³-hybridized carbons (Fsp3) is 0. The van der Waals surface area contributed by atoms with E-state index in [2.05, 4.69) is 0 Å². The summed E-state index contributed by atoms with van der Waals surface area (Å²) in [5, 5.41) is 13.7. The molecule has 0 unspecified atom stereocenters. The normalized spacial score (nSPS) is 11.4. The Kier molecular flexibility index (Phi) is 3.79. The first-order valence-electron chi connectivity index (χ1n) is 8.13. The van der Waals surface area contributed by atoms with Crippen molar-refractivity contribution in [3.8, 4) is 5.75 Å². The second-order valence-electron chi connectivity index (χ2n) is 6.05. The molecular formula is C23H16O2. The van der Waals surface area contributed by atoms with Crippen LogP contribution >= 0.6 is 0 Å². The number of carbonyl (C=O) groups is 1. The number of benzene rings is 4. The monoisotopic (exact) mass is 324 g/mol. The highest BCUT2D eigenvalue weighted by Gasteiger charge is 2.03. The minimum Gasteiger partial charge on any atom is -0.508 e. The van der Waals surface area contributed by atoms with Crippen molar-refractivity contribution in [2.24, 2.45) is 0 Å². The zero-order valence-corrected chi connectivity index (χ0v) is 13.5. The van der Waals surface area contributed by atoms with Crippen molar-refractivity contribution < 1.29 is 9.90 Å². The van der Waals surface area contributed by atoms with Crippen molar-refractivity contribution >= 4 is 33.4 Å². The van der Waals surface area contributed by atoms with Gasteiger partial charge in [-0.05, 0) is 57.4 Å². The van der Waals surface area contributed by atoms with E-state index in [4.69, 9.17) is 0 Å². The van der Waals surface area contributed by atoms with E-state index < -0.39 is 0 Å². The zero-order chi connectivity index (χ0) is 17.2. The third-order valence-corrected chi connectivity index (χ3v) is 4.31. The summed E-state index contributed by atoms with van der Waals surface area (Å²) in [6.45, 7) is 0. The molecule has 0 bridgehead atoms. The van der Waals surface area contributed by atoms with Gasteiger partial charge in [-0.1, -0.05) is 60.7 Å². The Balaban J connectivity index is 1.61. The van der Waals surface area contributed by atoms with Crippen LogP contribution in [0.1, 0.15) is 15.9 Å². The lowest BCUT2D eigenvalue weighted by Crippen LogP contribution is -1.93. The van der Waals surface area contributed by atoms with Gasteiger partial charge in [-0.15, -0.1) is 0 Å². The van der Waals surface area contributed by atoms with Gasteiger partial charge in [-0.3, -0.25) is 4.79 Å².